The van der Waals surface area contributed by atoms with Crippen LogP contribution in [0.3, 0.4) is 0 Å². The van der Waals surface area contributed by atoms with E-state index >= 15 is 0 Å². The molecule has 0 atom stereocenters. The number of alkyl halides is 3. The molecule has 10 heteroatoms. The highest BCUT2D eigenvalue weighted by molar-refractivity contribution is 6.08. The minimum atomic E-state index is -4.81. The third-order valence-corrected chi connectivity index (χ3v) is 5.27. The Morgan fingerprint density at radius 3 is 2.62 bits per heavy atom. The third kappa shape index (κ3) is 4.70. The number of pyridine rings is 1. The number of ether oxygens (including phenoxy) is 1. The quantitative estimate of drug-likeness (QED) is 0.491. The van der Waals surface area contributed by atoms with Gasteiger partial charge in [-0.25, -0.2) is 9.37 Å². The molecular weight excluding hydrogens is 454 g/mol. The molecule has 0 saturated heterocycles. The predicted octanol–water partition coefficient (Wildman–Crippen LogP) is 5.58. The van der Waals surface area contributed by atoms with Gasteiger partial charge >= 0.3 is 6.18 Å². The van der Waals surface area contributed by atoms with Crippen molar-refractivity contribution < 1.29 is 31.9 Å². The van der Waals surface area contributed by atoms with E-state index < -0.39 is 17.6 Å². The fraction of sp³-hybridized carbons (Fsp3) is 0.208. The lowest BCUT2D eigenvalue weighted by Crippen LogP contribution is -2.38. The Hall–Kier alpha value is -3.95. The molecule has 0 unspecified atom stereocenters. The third-order valence-electron chi connectivity index (χ3n) is 5.27. The molecule has 0 aliphatic carbocycles. The zero-order valence-electron chi connectivity index (χ0n) is 17.9. The summed E-state index contributed by atoms with van der Waals surface area (Å²) in [6.45, 7) is 1.97. The molecule has 0 spiro atoms. The summed E-state index contributed by atoms with van der Waals surface area (Å²) in [5.74, 6) is -1.18. The van der Waals surface area contributed by atoms with Crippen LogP contribution in [-0.4, -0.2) is 23.3 Å². The first kappa shape index (κ1) is 23.2. The van der Waals surface area contributed by atoms with Crippen LogP contribution in [0, 0.1) is 5.82 Å². The Kier molecular flexibility index (Phi) is 6.23. The van der Waals surface area contributed by atoms with Gasteiger partial charge in [-0.2, -0.15) is 13.2 Å². The molecule has 0 bridgehead atoms. The van der Waals surface area contributed by atoms with Crippen LogP contribution in [0.1, 0.15) is 34.8 Å². The molecule has 0 saturated carbocycles. The van der Waals surface area contributed by atoms with Crippen LogP contribution in [0.4, 0.5) is 29.2 Å². The molecule has 1 N–H and O–H groups in total. The van der Waals surface area contributed by atoms with Gasteiger partial charge in [-0.3, -0.25) is 14.5 Å². The van der Waals surface area contributed by atoms with Crippen molar-refractivity contribution in [2.24, 2.45) is 0 Å². The molecule has 0 fully saturated rings. The smallest absolute Gasteiger partial charge is 0.419 e. The average Bonchev–Trinajstić information content (AvgIpc) is 2.79. The second-order valence-electron chi connectivity index (χ2n) is 7.51. The monoisotopic (exact) mass is 473 g/mol. The largest absolute Gasteiger partial charge is 0.457 e. The molecule has 1 aromatic heterocycles. The SMILES string of the molecule is CCC(=O)Nc1cccc(N2CCc3c(Oc4ccc(C(F)(F)F)c(F)c4)cccc3C2=O)n1. The molecule has 1 aliphatic rings. The topological polar surface area (TPSA) is 71.5 Å². The van der Waals surface area contributed by atoms with E-state index in [4.69, 9.17) is 4.74 Å². The number of carbonyl (C=O) groups is 2. The molecule has 2 amide bonds. The van der Waals surface area contributed by atoms with Crippen LogP contribution in [-0.2, 0) is 17.4 Å². The number of rotatable bonds is 5. The van der Waals surface area contributed by atoms with Gasteiger partial charge in [0.15, 0.2) is 0 Å². The molecule has 2 aromatic carbocycles. The maximum atomic E-state index is 13.9. The molecule has 6 nitrogen and oxygen atoms in total. The van der Waals surface area contributed by atoms with Gasteiger partial charge in [0, 0.05) is 30.2 Å². The van der Waals surface area contributed by atoms with Crippen molar-refractivity contribution in [1.82, 2.24) is 4.98 Å². The summed E-state index contributed by atoms with van der Waals surface area (Å²) in [6.07, 6.45) is -4.16. The number of aromatic nitrogens is 1. The average molecular weight is 473 g/mol. The van der Waals surface area contributed by atoms with E-state index in [9.17, 15) is 27.2 Å². The summed E-state index contributed by atoms with van der Waals surface area (Å²) in [5, 5.41) is 2.65. The minimum Gasteiger partial charge on any atom is -0.457 e. The first-order valence-corrected chi connectivity index (χ1v) is 10.4. The van der Waals surface area contributed by atoms with E-state index in [0.717, 1.165) is 6.07 Å². The number of nitrogens with one attached hydrogen (secondary N) is 1. The lowest BCUT2D eigenvalue weighted by molar-refractivity contribution is -0.140. The van der Waals surface area contributed by atoms with Gasteiger partial charge in [0.25, 0.3) is 5.91 Å². The Morgan fingerprint density at radius 2 is 1.91 bits per heavy atom. The summed E-state index contributed by atoms with van der Waals surface area (Å²) >= 11 is 0. The zero-order valence-corrected chi connectivity index (χ0v) is 17.9. The summed E-state index contributed by atoms with van der Waals surface area (Å²) < 4.78 is 58.0. The standard InChI is InChI=1S/C24H19F4N3O3/c1-2-22(32)30-20-7-4-8-21(29-20)31-12-11-15-16(23(31)33)5-3-6-19(15)34-14-9-10-17(18(25)13-14)24(26,27)28/h3-10,13H,2,11-12H2,1H3,(H,29,30,32). The molecular formula is C24H19F4N3O3. The number of nitrogens with zero attached hydrogens (tertiary/aromatic N) is 2. The van der Waals surface area contributed by atoms with E-state index in [1.54, 1.807) is 43.3 Å². The summed E-state index contributed by atoms with van der Waals surface area (Å²) in [5.41, 5.74) is -0.494. The van der Waals surface area contributed by atoms with Crippen LogP contribution in [0.2, 0.25) is 0 Å². The van der Waals surface area contributed by atoms with Crippen LogP contribution in [0.25, 0.3) is 0 Å². The Labute approximate surface area is 192 Å². The number of hydrogen-bond acceptors (Lipinski definition) is 4. The van der Waals surface area contributed by atoms with Crippen LogP contribution in [0.15, 0.2) is 54.6 Å². The van der Waals surface area contributed by atoms with Gasteiger partial charge in [0.2, 0.25) is 5.91 Å². The fourth-order valence-corrected chi connectivity index (χ4v) is 3.60. The van der Waals surface area contributed by atoms with Crippen molar-refractivity contribution in [1.29, 1.82) is 0 Å². The second kappa shape index (κ2) is 9.12. The summed E-state index contributed by atoms with van der Waals surface area (Å²) in [7, 11) is 0. The van der Waals surface area contributed by atoms with E-state index in [1.165, 1.54) is 4.90 Å². The number of carbonyl (C=O) groups excluding carboxylic acids is 2. The van der Waals surface area contributed by atoms with Crippen molar-refractivity contribution in [3.05, 3.63) is 77.1 Å². The Morgan fingerprint density at radius 1 is 1.15 bits per heavy atom. The van der Waals surface area contributed by atoms with Crippen LogP contribution >= 0.6 is 0 Å². The zero-order chi connectivity index (χ0) is 24.5. The van der Waals surface area contributed by atoms with Crippen molar-refractivity contribution in [2.45, 2.75) is 25.9 Å². The maximum Gasteiger partial charge on any atom is 0.419 e. The fourth-order valence-electron chi connectivity index (χ4n) is 3.60. The molecule has 34 heavy (non-hydrogen) atoms. The highest BCUT2D eigenvalue weighted by Gasteiger charge is 2.34. The van der Waals surface area contributed by atoms with Crippen LogP contribution in [0.5, 0.6) is 11.5 Å². The molecule has 4 rings (SSSR count). The molecule has 2 heterocycles. The predicted molar refractivity (Wildman–Crippen MR) is 116 cm³/mol. The lowest BCUT2D eigenvalue weighted by Gasteiger charge is -2.29. The molecule has 1 aliphatic heterocycles. The van der Waals surface area contributed by atoms with E-state index in [-0.39, 0.29) is 36.3 Å². The summed E-state index contributed by atoms with van der Waals surface area (Å²) in [6, 6.07) is 12.0. The van der Waals surface area contributed by atoms with Gasteiger partial charge in [-0.1, -0.05) is 19.1 Å². The van der Waals surface area contributed by atoms with Crippen molar-refractivity contribution in [3.8, 4) is 11.5 Å². The van der Waals surface area contributed by atoms with Crippen molar-refractivity contribution in [2.75, 3.05) is 16.8 Å². The van der Waals surface area contributed by atoms with Crippen molar-refractivity contribution in [3.63, 3.8) is 0 Å². The first-order chi connectivity index (χ1) is 16.2. The molecule has 176 valence electrons. The van der Waals surface area contributed by atoms with E-state index in [0.29, 0.717) is 41.3 Å². The highest BCUT2D eigenvalue weighted by atomic mass is 19.4. The normalized spacial score (nSPS) is 13.4. The number of fused-ring (bicyclic) bond motifs is 1. The number of halogens is 4. The van der Waals surface area contributed by atoms with Crippen molar-refractivity contribution >= 4 is 23.5 Å². The second-order valence-corrected chi connectivity index (χ2v) is 7.51. The number of amides is 2. The molecule has 3 aromatic rings. The van der Waals surface area contributed by atoms with Gasteiger partial charge in [0.1, 0.15) is 29.0 Å². The number of anilines is 2. The summed E-state index contributed by atoms with van der Waals surface area (Å²) in [4.78, 5) is 30.6. The van der Waals surface area contributed by atoms with Gasteiger partial charge in [0.05, 0.1) is 5.56 Å². The number of benzene rings is 2. The van der Waals surface area contributed by atoms with Crippen LogP contribution < -0.4 is 15.0 Å². The molecule has 0 radical (unpaired) electrons. The first-order valence-electron chi connectivity index (χ1n) is 10.4. The van der Waals surface area contributed by atoms with E-state index in [2.05, 4.69) is 10.3 Å². The number of hydrogen-bond donors (Lipinski definition) is 1. The minimum absolute atomic E-state index is 0.116. The maximum absolute atomic E-state index is 13.9. The lowest BCUT2D eigenvalue weighted by atomic mass is 9.98. The Bertz CT molecular complexity index is 1260. The van der Waals surface area contributed by atoms with Gasteiger partial charge in [-0.05, 0) is 42.8 Å². The van der Waals surface area contributed by atoms with Gasteiger partial charge < -0.3 is 10.1 Å². The highest BCUT2D eigenvalue weighted by Crippen LogP contribution is 2.36. The Balaban J connectivity index is 1.59. The van der Waals surface area contributed by atoms with Gasteiger partial charge in [-0.15, -0.1) is 0 Å². The van der Waals surface area contributed by atoms with E-state index in [1.807, 2.05) is 0 Å².